The van der Waals surface area contributed by atoms with Gasteiger partial charge in [-0.15, -0.1) is 17.2 Å². The monoisotopic (exact) mass is 606 g/mol. The number of nitrogens with zero attached hydrogens (tertiary/aromatic N) is 4. The van der Waals surface area contributed by atoms with Gasteiger partial charge in [-0.1, -0.05) is 90.5 Å². The van der Waals surface area contributed by atoms with E-state index in [0.717, 1.165) is 33.5 Å². The Balaban J connectivity index is 0.00000228. The fraction of sp³-hybridized carbons (Fsp3) is 0. The minimum atomic E-state index is 0. The first-order valence-corrected chi connectivity index (χ1v) is 10.3. The van der Waals surface area contributed by atoms with Crippen molar-refractivity contribution in [2.45, 2.75) is 0 Å². The number of benzene rings is 4. The van der Waals surface area contributed by atoms with Gasteiger partial charge in [-0.25, -0.2) is 0 Å². The summed E-state index contributed by atoms with van der Waals surface area (Å²) in [5.74, 6) is 0.657. The summed E-state index contributed by atoms with van der Waals surface area (Å²) in [6, 6.07) is 34.0. The molecule has 6 aromatic rings. The van der Waals surface area contributed by atoms with Gasteiger partial charge in [0.2, 0.25) is 0 Å². The SMILES string of the molecule is [Ir].[c-]1ccc2ocnc2c1-c1nncn1-c1c(-c2ccccc2)cccc1-c1ccccc1. The van der Waals surface area contributed by atoms with Crippen LogP contribution < -0.4 is 0 Å². The van der Waals surface area contributed by atoms with Crippen LogP contribution in [0.1, 0.15) is 0 Å². The molecule has 5 nitrogen and oxygen atoms in total. The molecule has 1 radical (unpaired) electrons. The fourth-order valence-corrected chi connectivity index (χ4v) is 4.07. The van der Waals surface area contributed by atoms with Crippen molar-refractivity contribution in [1.29, 1.82) is 0 Å². The number of oxazole rings is 1. The van der Waals surface area contributed by atoms with Crippen molar-refractivity contribution in [3.05, 3.63) is 110 Å². The number of hydrogen-bond acceptors (Lipinski definition) is 4. The summed E-state index contributed by atoms with van der Waals surface area (Å²) in [7, 11) is 0. The molecule has 6 rings (SSSR count). The van der Waals surface area contributed by atoms with E-state index in [2.05, 4.69) is 63.7 Å². The van der Waals surface area contributed by atoms with Gasteiger partial charge in [0.1, 0.15) is 6.33 Å². The largest absolute Gasteiger partial charge is 0.464 e. The Morgan fingerprint density at radius 1 is 0.758 bits per heavy atom. The van der Waals surface area contributed by atoms with Crippen molar-refractivity contribution in [2.75, 3.05) is 0 Å². The molecule has 0 saturated heterocycles. The number of hydrogen-bond donors (Lipinski definition) is 0. The predicted octanol–water partition coefficient (Wildman–Crippen LogP) is 6.21. The summed E-state index contributed by atoms with van der Waals surface area (Å²) in [5, 5.41) is 8.73. The van der Waals surface area contributed by atoms with Crippen LogP contribution in [0.2, 0.25) is 0 Å². The average molecular weight is 606 g/mol. The molecule has 4 aromatic carbocycles. The molecule has 0 aliphatic rings. The molecule has 161 valence electrons. The molecule has 0 aliphatic heterocycles. The maximum atomic E-state index is 5.50. The Hall–Kier alpha value is -3.86. The van der Waals surface area contributed by atoms with Crippen molar-refractivity contribution in [2.24, 2.45) is 0 Å². The van der Waals surface area contributed by atoms with Gasteiger partial charge in [-0.05, 0) is 11.1 Å². The second kappa shape index (κ2) is 8.94. The van der Waals surface area contributed by atoms with Crippen molar-refractivity contribution in [1.82, 2.24) is 19.7 Å². The molecule has 0 aliphatic carbocycles. The van der Waals surface area contributed by atoms with E-state index in [1.54, 1.807) is 6.33 Å². The minimum absolute atomic E-state index is 0. The van der Waals surface area contributed by atoms with Gasteiger partial charge < -0.3 is 8.98 Å². The molecule has 33 heavy (non-hydrogen) atoms. The van der Waals surface area contributed by atoms with Gasteiger partial charge in [0.05, 0.1) is 17.1 Å². The van der Waals surface area contributed by atoms with E-state index >= 15 is 0 Å². The third kappa shape index (κ3) is 3.69. The van der Waals surface area contributed by atoms with E-state index in [9.17, 15) is 0 Å². The van der Waals surface area contributed by atoms with Crippen molar-refractivity contribution < 1.29 is 24.5 Å². The van der Waals surface area contributed by atoms with Gasteiger partial charge in [-0.3, -0.25) is 4.98 Å². The first-order valence-electron chi connectivity index (χ1n) is 10.3. The maximum Gasteiger partial charge on any atom is 0.170 e. The van der Waals surface area contributed by atoms with Gasteiger partial charge >= 0.3 is 0 Å². The van der Waals surface area contributed by atoms with Gasteiger partial charge in [-0.2, -0.15) is 5.10 Å². The van der Waals surface area contributed by atoms with E-state index in [1.807, 2.05) is 53.1 Å². The molecule has 2 heterocycles. The minimum Gasteiger partial charge on any atom is -0.464 e. The number of para-hydroxylation sites is 1. The fourth-order valence-electron chi connectivity index (χ4n) is 4.07. The Labute approximate surface area is 204 Å². The first kappa shape index (κ1) is 21.0. The summed E-state index contributed by atoms with van der Waals surface area (Å²) in [6.45, 7) is 0. The molecule has 2 aromatic heterocycles. The van der Waals surface area contributed by atoms with Crippen molar-refractivity contribution in [3.8, 4) is 39.3 Å². The second-order valence-electron chi connectivity index (χ2n) is 7.38. The Kier molecular flexibility index (Phi) is 5.69. The van der Waals surface area contributed by atoms with Crippen LogP contribution in [0.15, 0.2) is 108 Å². The number of fused-ring (bicyclic) bond motifs is 1. The van der Waals surface area contributed by atoms with Crippen LogP contribution in [0.4, 0.5) is 0 Å². The number of aromatic nitrogens is 4. The standard InChI is InChI=1S/C27H17N4O.Ir/c1-3-9-19(10-4-1)21-13-7-14-22(20-11-5-2-6-12-20)26(21)31-17-29-30-27(31)23-15-8-16-24-25(23)28-18-32-24;/h1-14,16-18H;/q-1;. The van der Waals surface area contributed by atoms with E-state index in [0.29, 0.717) is 16.9 Å². The topological polar surface area (TPSA) is 56.7 Å². The summed E-state index contributed by atoms with van der Waals surface area (Å²) >= 11 is 0. The second-order valence-corrected chi connectivity index (χ2v) is 7.38. The van der Waals surface area contributed by atoms with Crippen molar-refractivity contribution >= 4 is 11.1 Å². The molecule has 0 fully saturated rings. The van der Waals surface area contributed by atoms with Gasteiger partial charge in [0, 0.05) is 36.7 Å². The molecule has 0 atom stereocenters. The normalized spacial score (nSPS) is 10.8. The zero-order chi connectivity index (χ0) is 21.3. The maximum absolute atomic E-state index is 5.50. The zero-order valence-corrected chi connectivity index (χ0v) is 19.7. The van der Waals surface area contributed by atoms with Crippen molar-refractivity contribution in [3.63, 3.8) is 0 Å². The van der Waals surface area contributed by atoms with E-state index in [1.165, 1.54) is 6.39 Å². The van der Waals surface area contributed by atoms with Crippen LogP contribution in [0.5, 0.6) is 0 Å². The Bertz CT molecular complexity index is 1470. The molecule has 0 amide bonds. The van der Waals surface area contributed by atoms with Crippen LogP contribution in [0.25, 0.3) is 50.4 Å². The third-order valence-corrected chi connectivity index (χ3v) is 5.51. The van der Waals surface area contributed by atoms with Gasteiger partial charge in [0.15, 0.2) is 6.39 Å². The van der Waals surface area contributed by atoms with Crippen LogP contribution in [-0.2, 0) is 20.1 Å². The van der Waals surface area contributed by atoms with Crippen LogP contribution in [0.3, 0.4) is 0 Å². The molecule has 0 N–H and O–H groups in total. The Morgan fingerprint density at radius 2 is 1.42 bits per heavy atom. The molecule has 0 saturated carbocycles. The van der Waals surface area contributed by atoms with E-state index < -0.39 is 0 Å². The van der Waals surface area contributed by atoms with Crippen LogP contribution in [-0.4, -0.2) is 19.7 Å². The summed E-state index contributed by atoms with van der Waals surface area (Å²) in [4.78, 5) is 4.39. The molecular weight excluding hydrogens is 589 g/mol. The smallest absolute Gasteiger partial charge is 0.170 e. The summed E-state index contributed by atoms with van der Waals surface area (Å²) in [5.41, 5.74) is 7.54. The zero-order valence-electron chi connectivity index (χ0n) is 17.3. The summed E-state index contributed by atoms with van der Waals surface area (Å²) in [6.07, 6.45) is 3.19. The third-order valence-electron chi connectivity index (χ3n) is 5.51. The quantitative estimate of drug-likeness (QED) is 0.225. The summed E-state index contributed by atoms with van der Waals surface area (Å²) < 4.78 is 7.52. The average Bonchev–Trinajstić information content (AvgIpc) is 3.54. The molecule has 0 unspecified atom stereocenters. The van der Waals surface area contributed by atoms with E-state index in [-0.39, 0.29) is 20.1 Å². The first-order chi connectivity index (χ1) is 15.9. The predicted molar refractivity (Wildman–Crippen MR) is 124 cm³/mol. The number of rotatable bonds is 4. The molecular formula is C27H17IrN4O-. The van der Waals surface area contributed by atoms with Gasteiger partial charge in [0.25, 0.3) is 0 Å². The molecule has 6 heteroatoms. The van der Waals surface area contributed by atoms with Crippen LogP contribution in [0, 0.1) is 6.07 Å². The van der Waals surface area contributed by atoms with E-state index in [4.69, 9.17) is 4.42 Å². The molecule has 0 spiro atoms. The Morgan fingerprint density at radius 3 is 2.09 bits per heavy atom. The van der Waals surface area contributed by atoms with Crippen LogP contribution >= 0.6 is 0 Å². The molecule has 0 bridgehead atoms.